The molecular weight excluding hydrogens is 292 g/mol. The Morgan fingerprint density at radius 2 is 1.21 bits per heavy atom. The summed E-state index contributed by atoms with van der Waals surface area (Å²) in [5.74, 6) is 0. The highest BCUT2D eigenvalue weighted by atomic mass is 15.1. The molecule has 2 nitrogen and oxygen atoms in total. The maximum atomic E-state index is 3.46. The van der Waals surface area contributed by atoms with Gasteiger partial charge < -0.3 is 10.2 Å². The molecule has 0 aromatic heterocycles. The van der Waals surface area contributed by atoms with E-state index in [1.54, 1.807) is 0 Å². The summed E-state index contributed by atoms with van der Waals surface area (Å²) in [5, 5.41) is 3.46. The molecule has 0 saturated heterocycles. The van der Waals surface area contributed by atoms with Gasteiger partial charge in [-0.3, -0.25) is 0 Å². The second-order valence-electron chi connectivity index (χ2n) is 6.44. The summed E-state index contributed by atoms with van der Waals surface area (Å²) in [4.78, 5) is 2.55. The first-order valence-corrected chi connectivity index (χ1v) is 9.50. The third-order valence-electron chi connectivity index (χ3n) is 4.36. The number of benzene rings is 2. The summed E-state index contributed by atoms with van der Waals surface area (Å²) >= 11 is 0. The van der Waals surface area contributed by atoms with Crippen molar-refractivity contribution in [1.29, 1.82) is 0 Å². The van der Waals surface area contributed by atoms with Gasteiger partial charge in [-0.25, -0.2) is 0 Å². The van der Waals surface area contributed by atoms with Crippen molar-refractivity contribution in [3.05, 3.63) is 54.6 Å². The second-order valence-corrected chi connectivity index (χ2v) is 6.44. The van der Waals surface area contributed by atoms with Gasteiger partial charge in [0.1, 0.15) is 0 Å². The van der Waals surface area contributed by atoms with Gasteiger partial charge in [0, 0.05) is 30.2 Å². The molecule has 0 aliphatic rings. The Bertz CT molecular complexity index is 538. The molecule has 2 aromatic rings. The molecule has 0 aliphatic heterocycles. The first-order chi connectivity index (χ1) is 11.8. The van der Waals surface area contributed by atoms with E-state index in [2.05, 4.69) is 72.6 Å². The molecule has 0 bridgehead atoms. The van der Waals surface area contributed by atoms with Gasteiger partial charge in [-0.2, -0.15) is 0 Å². The molecule has 2 rings (SSSR count). The van der Waals surface area contributed by atoms with Crippen molar-refractivity contribution in [1.82, 2.24) is 0 Å². The fraction of sp³-hybridized carbons (Fsp3) is 0.455. The van der Waals surface area contributed by atoms with Crippen LogP contribution in [-0.4, -0.2) is 13.1 Å². The molecule has 0 spiro atoms. The van der Waals surface area contributed by atoms with Crippen molar-refractivity contribution in [2.75, 3.05) is 23.3 Å². The van der Waals surface area contributed by atoms with Crippen LogP contribution in [0.3, 0.4) is 0 Å². The monoisotopic (exact) mass is 324 g/mol. The minimum absolute atomic E-state index is 1.13. The number of hydrogen-bond donors (Lipinski definition) is 1. The number of unbranched alkanes of at least 4 members (excludes halogenated alkanes) is 4. The van der Waals surface area contributed by atoms with Crippen LogP contribution in [0.25, 0.3) is 0 Å². The maximum absolute atomic E-state index is 3.46. The molecule has 2 aromatic carbocycles. The van der Waals surface area contributed by atoms with Gasteiger partial charge in [0.15, 0.2) is 0 Å². The van der Waals surface area contributed by atoms with Crippen LogP contribution >= 0.6 is 0 Å². The third kappa shape index (κ3) is 6.27. The molecule has 2 heteroatoms. The summed E-state index contributed by atoms with van der Waals surface area (Å²) in [5.41, 5.74) is 3.63. The summed E-state index contributed by atoms with van der Waals surface area (Å²) in [6, 6.07) is 19.2. The van der Waals surface area contributed by atoms with Crippen LogP contribution < -0.4 is 10.2 Å². The number of anilines is 3. The van der Waals surface area contributed by atoms with Gasteiger partial charge in [0.2, 0.25) is 0 Å². The van der Waals surface area contributed by atoms with Crippen molar-refractivity contribution in [2.24, 2.45) is 0 Å². The minimum Gasteiger partial charge on any atom is -0.372 e. The Morgan fingerprint density at radius 3 is 1.75 bits per heavy atom. The van der Waals surface area contributed by atoms with Gasteiger partial charge in [-0.05, 0) is 49.2 Å². The lowest BCUT2D eigenvalue weighted by Gasteiger charge is -2.25. The van der Waals surface area contributed by atoms with E-state index in [1.807, 2.05) is 6.07 Å². The van der Waals surface area contributed by atoms with E-state index >= 15 is 0 Å². The lowest BCUT2D eigenvalue weighted by Crippen LogP contribution is -2.25. The average Bonchev–Trinajstić information content (AvgIpc) is 2.62. The summed E-state index contributed by atoms with van der Waals surface area (Å²) in [6.07, 6.45) is 7.76. The zero-order valence-corrected chi connectivity index (χ0v) is 15.3. The highest BCUT2D eigenvalue weighted by Crippen LogP contribution is 2.22. The lowest BCUT2D eigenvalue weighted by atomic mass is 10.2. The van der Waals surface area contributed by atoms with E-state index in [0.29, 0.717) is 0 Å². The summed E-state index contributed by atoms with van der Waals surface area (Å²) in [7, 11) is 0. The molecule has 1 N–H and O–H groups in total. The van der Waals surface area contributed by atoms with E-state index in [4.69, 9.17) is 0 Å². The lowest BCUT2D eigenvalue weighted by molar-refractivity contribution is 0.636. The van der Waals surface area contributed by atoms with E-state index in [1.165, 1.54) is 57.3 Å². The molecule has 24 heavy (non-hydrogen) atoms. The SMILES string of the molecule is CCCCCN(CCCCC)c1ccc(Nc2ccccc2)cc1. The number of nitrogens with zero attached hydrogens (tertiary/aromatic N) is 1. The third-order valence-corrected chi connectivity index (χ3v) is 4.36. The second kappa shape index (κ2) is 10.7. The zero-order valence-electron chi connectivity index (χ0n) is 15.3. The van der Waals surface area contributed by atoms with Crippen LogP contribution in [0.4, 0.5) is 17.1 Å². The number of nitrogens with one attached hydrogen (secondary N) is 1. The van der Waals surface area contributed by atoms with E-state index in [0.717, 1.165) is 11.4 Å². The van der Waals surface area contributed by atoms with Gasteiger partial charge in [-0.15, -0.1) is 0 Å². The van der Waals surface area contributed by atoms with Crippen LogP contribution in [-0.2, 0) is 0 Å². The first-order valence-electron chi connectivity index (χ1n) is 9.50. The van der Waals surface area contributed by atoms with Crippen LogP contribution in [0.2, 0.25) is 0 Å². The van der Waals surface area contributed by atoms with Gasteiger partial charge >= 0.3 is 0 Å². The van der Waals surface area contributed by atoms with Crippen LogP contribution in [0.5, 0.6) is 0 Å². The van der Waals surface area contributed by atoms with Gasteiger partial charge in [0.05, 0.1) is 0 Å². The maximum Gasteiger partial charge on any atom is 0.0385 e. The largest absolute Gasteiger partial charge is 0.372 e. The predicted molar refractivity (Wildman–Crippen MR) is 107 cm³/mol. The Labute approximate surface area is 147 Å². The molecule has 0 atom stereocenters. The van der Waals surface area contributed by atoms with Crippen LogP contribution in [0.1, 0.15) is 52.4 Å². The smallest absolute Gasteiger partial charge is 0.0385 e. The first kappa shape index (κ1) is 18.4. The molecule has 0 aliphatic carbocycles. The average molecular weight is 325 g/mol. The molecule has 0 unspecified atom stereocenters. The van der Waals surface area contributed by atoms with E-state index in [-0.39, 0.29) is 0 Å². The highest BCUT2D eigenvalue weighted by molar-refractivity contribution is 5.62. The number of para-hydroxylation sites is 1. The topological polar surface area (TPSA) is 15.3 Å². The molecule has 0 radical (unpaired) electrons. The Balaban J connectivity index is 1.97. The Kier molecular flexibility index (Phi) is 8.23. The quantitative estimate of drug-likeness (QED) is 0.467. The molecular formula is C22H32N2. The van der Waals surface area contributed by atoms with Crippen LogP contribution in [0, 0.1) is 0 Å². The van der Waals surface area contributed by atoms with Crippen LogP contribution in [0.15, 0.2) is 54.6 Å². The molecule has 0 amide bonds. The number of rotatable bonds is 11. The highest BCUT2D eigenvalue weighted by Gasteiger charge is 2.06. The fourth-order valence-corrected chi connectivity index (χ4v) is 2.92. The Morgan fingerprint density at radius 1 is 0.667 bits per heavy atom. The van der Waals surface area contributed by atoms with Crippen molar-refractivity contribution in [3.8, 4) is 0 Å². The van der Waals surface area contributed by atoms with Crippen molar-refractivity contribution in [2.45, 2.75) is 52.4 Å². The van der Waals surface area contributed by atoms with Crippen molar-refractivity contribution in [3.63, 3.8) is 0 Å². The van der Waals surface area contributed by atoms with E-state index in [9.17, 15) is 0 Å². The van der Waals surface area contributed by atoms with Gasteiger partial charge in [0.25, 0.3) is 0 Å². The summed E-state index contributed by atoms with van der Waals surface area (Å²) < 4.78 is 0. The molecule has 130 valence electrons. The standard InChI is InChI=1S/C22H32N2/c1-3-5-10-18-24(19-11-6-4-2)22-16-14-21(15-17-22)23-20-12-8-7-9-13-20/h7-9,12-17,23H,3-6,10-11,18-19H2,1-2H3. The van der Waals surface area contributed by atoms with Crippen molar-refractivity contribution < 1.29 is 0 Å². The van der Waals surface area contributed by atoms with Crippen molar-refractivity contribution >= 4 is 17.1 Å². The predicted octanol–water partition coefficient (Wildman–Crippen LogP) is 6.62. The molecule has 0 heterocycles. The number of hydrogen-bond acceptors (Lipinski definition) is 2. The molecule has 0 fully saturated rings. The fourth-order valence-electron chi connectivity index (χ4n) is 2.92. The Hall–Kier alpha value is -1.96. The minimum atomic E-state index is 1.13. The molecule has 0 saturated carbocycles. The zero-order chi connectivity index (χ0) is 17.0. The van der Waals surface area contributed by atoms with E-state index < -0.39 is 0 Å². The normalized spacial score (nSPS) is 10.6. The van der Waals surface area contributed by atoms with Gasteiger partial charge in [-0.1, -0.05) is 57.7 Å². The summed E-state index contributed by atoms with van der Waals surface area (Å²) in [6.45, 7) is 6.88.